The molecule has 12 nitrogen and oxygen atoms in total. The van der Waals surface area contributed by atoms with Crippen LogP contribution < -0.4 is 15.5 Å². The second kappa shape index (κ2) is 12.9. The summed E-state index contributed by atoms with van der Waals surface area (Å²) in [6.07, 6.45) is -1.92. The van der Waals surface area contributed by atoms with Crippen molar-refractivity contribution in [3.8, 4) is 0 Å². The first-order valence-electron chi connectivity index (χ1n) is 12.6. The number of amides is 4. The Morgan fingerprint density at radius 1 is 1.22 bits per heavy atom. The van der Waals surface area contributed by atoms with Crippen LogP contribution in [0.15, 0.2) is 30.3 Å². The average Bonchev–Trinajstić information content (AvgIpc) is 3.54. The molecule has 0 radical (unpaired) electrons. The van der Waals surface area contributed by atoms with Gasteiger partial charge in [-0.3, -0.25) is 29.0 Å². The van der Waals surface area contributed by atoms with E-state index in [2.05, 4.69) is 0 Å². The highest BCUT2D eigenvalue weighted by molar-refractivity contribution is 7.18. The van der Waals surface area contributed by atoms with Crippen molar-refractivity contribution in [3.63, 3.8) is 0 Å². The molecule has 2 atom stereocenters. The number of imide groups is 1. The first kappa shape index (κ1) is 30.4. The van der Waals surface area contributed by atoms with Gasteiger partial charge in [0.15, 0.2) is 6.61 Å². The molecule has 2 N–H and O–H groups in total. The fourth-order valence-corrected chi connectivity index (χ4v) is 5.12. The van der Waals surface area contributed by atoms with Crippen LogP contribution in [0.3, 0.4) is 0 Å². The average molecular weight is 611 g/mol. The van der Waals surface area contributed by atoms with Crippen molar-refractivity contribution in [2.75, 3.05) is 49.3 Å². The molecule has 15 heteroatoms. The lowest BCUT2D eigenvalue weighted by Gasteiger charge is -2.27. The fraction of sp³-hybridized carbons (Fsp3) is 0.423. The highest BCUT2D eigenvalue weighted by atomic mass is 35.5. The van der Waals surface area contributed by atoms with Crippen LogP contribution in [-0.2, 0) is 28.6 Å². The summed E-state index contributed by atoms with van der Waals surface area (Å²) in [5, 5.41) is 0. The van der Waals surface area contributed by atoms with E-state index in [0.29, 0.717) is 16.6 Å². The Labute approximate surface area is 243 Å². The van der Waals surface area contributed by atoms with Crippen molar-refractivity contribution in [1.29, 1.82) is 0 Å². The zero-order chi connectivity index (χ0) is 29.8. The number of hydrogen-bond donors (Lipinski definition) is 1. The highest BCUT2D eigenvalue weighted by Crippen LogP contribution is 2.30. The van der Waals surface area contributed by atoms with Crippen LogP contribution in [0.1, 0.15) is 23.5 Å². The van der Waals surface area contributed by atoms with E-state index in [1.807, 2.05) is 0 Å². The van der Waals surface area contributed by atoms with Gasteiger partial charge in [-0.05, 0) is 36.2 Å². The number of morpholine rings is 1. The van der Waals surface area contributed by atoms with Crippen LogP contribution in [0.5, 0.6) is 0 Å². The van der Waals surface area contributed by atoms with Gasteiger partial charge in [-0.1, -0.05) is 25.4 Å². The van der Waals surface area contributed by atoms with Crippen LogP contribution in [0.25, 0.3) is 0 Å². The van der Waals surface area contributed by atoms with Crippen molar-refractivity contribution < 1.29 is 42.6 Å². The third kappa shape index (κ3) is 7.01. The molecule has 0 unspecified atom stereocenters. The van der Waals surface area contributed by atoms with Crippen molar-refractivity contribution in [1.82, 2.24) is 4.90 Å². The summed E-state index contributed by atoms with van der Waals surface area (Å²) >= 11 is 6.89. The minimum Gasteiger partial charge on any atom is -0.454 e. The van der Waals surface area contributed by atoms with Crippen molar-refractivity contribution in [3.05, 3.63) is 45.4 Å². The number of anilines is 2. The lowest BCUT2D eigenvalue weighted by atomic mass is 10.1. The molecule has 0 bridgehead atoms. The van der Waals surface area contributed by atoms with Crippen molar-refractivity contribution in [2.45, 2.75) is 26.0 Å². The van der Waals surface area contributed by atoms with Gasteiger partial charge in [-0.15, -0.1) is 11.3 Å². The van der Waals surface area contributed by atoms with Crippen LogP contribution in [0.4, 0.5) is 20.6 Å². The number of halogens is 2. The number of cyclic esters (lactones) is 1. The Morgan fingerprint density at radius 2 is 1.98 bits per heavy atom. The molecule has 0 aliphatic carbocycles. The third-order valence-corrected chi connectivity index (χ3v) is 7.66. The molecule has 2 fully saturated rings. The molecular formula is C26H28ClFN4O8S. The standard InChI is InChI=1S/C26H28ClFN4O8S/c1-14(2)23(29)25(36)39-13-22(34)32(24(35)19-5-6-20(27)41-19)11-16-10-31(26(37)40-16)18-4-3-15(9-17(18)28)30-7-8-38-12-21(30)33/h3-6,9,14,16,23H,7-8,10-13,29H2,1-2H3/t16-,23-/m1/s1. The minimum absolute atomic E-state index is 0.104. The summed E-state index contributed by atoms with van der Waals surface area (Å²) in [5.41, 5.74) is 5.98. The molecule has 1 aromatic carbocycles. The molecule has 41 heavy (non-hydrogen) atoms. The largest absolute Gasteiger partial charge is 0.454 e. The maximum absolute atomic E-state index is 15.1. The van der Waals surface area contributed by atoms with Gasteiger partial charge >= 0.3 is 12.1 Å². The monoisotopic (exact) mass is 610 g/mol. The van der Waals surface area contributed by atoms with Gasteiger partial charge in [0.2, 0.25) is 0 Å². The maximum Gasteiger partial charge on any atom is 0.414 e. The van der Waals surface area contributed by atoms with Gasteiger partial charge in [0.25, 0.3) is 17.7 Å². The van der Waals surface area contributed by atoms with E-state index in [1.54, 1.807) is 13.8 Å². The second-order valence-electron chi connectivity index (χ2n) is 9.64. The molecule has 0 spiro atoms. The maximum atomic E-state index is 15.1. The molecule has 2 aliphatic heterocycles. The molecule has 0 saturated carbocycles. The summed E-state index contributed by atoms with van der Waals surface area (Å²) in [7, 11) is 0. The van der Waals surface area contributed by atoms with E-state index in [-0.39, 0.29) is 42.1 Å². The van der Waals surface area contributed by atoms with E-state index in [1.165, 1.54) is 29.2 Å². The fourth-order valence-electron chi connectivity index (χ4n) is 4.13. The zero-order valence-electron chi connectivity index (χ0n) is 22.2. The first-order chi connectivity index (χ1) is 19.5. The van der Waals surface area contributed by atoms with Crippen LogP contribution in [0, 0.1) is 11.7 Å². The van der Waals surface area contributed by atoms with Gasteiger partial charge in [0, 0.05) is 12.2 Å². The highest BCUT2D eigenvalue weighted by Gasteiger charge is 2.38. The van der Waals surface area contributed by atoms with E-state index >= 15 is 4.39 Å². The lowest BCUT2D eigenvalue weighted by Crippen LogP contribution is -2.46. The number of hydrogen-bond acceptors (Lipinski definition) is 10. The van der Waals surface area contributed by atoms with Crippen molar-refractivity contribution >= 4 is 64.1 Å². The number of carbonyl (C=O) groups excluding carboxylic acids is 5. The summed E-state index contributed by atoms with van der Waals surface area (Å²) < 4.78 is 30.9. The van der Waals surface area contributed by atoms with Gasteiger partial charge in [-0.25, -0.2) is 9.18 Å². The molecule has 2 aromatic rings. The Hall–Kier alpha value is -3.59. The number of thiophene rings is 1. The lowest BCUT2D eigenvalue weighted by molar-refractivity contribution is -0.153. The number of ether oxygens (including phenoxy) is 3. The molecule has 3 heterocycles. The Bertz CT molecular complexity index is 1350. The van der Waals surface area contributed by atoms with E-state index in [9.17, 15) is 24.0 Å². The van der Waals surface area contributed by atoms with E-state index in [0.717, 1.165) is 27.2 Å². The molecule has 1 aromatic heterocycles. The zero-order valence-corrected chi connectivity index (χ0v) is 23.8. The molecule has 4 amide bonds. The number of esters is 1. The Morgan fingerprint density at radius 3 is 2.61 bits per heavy atom. The van der Waals surface area contributed by atoms with Gasteiger partial charge in [-0.2, -0.15) is 0 Å². The number of nitrogens with two attached hydrogens (primary N) is 1. The molecule has 220 valence electrons. The molecular weight excluding hydrogens is 583 g/mol. The first-order valence-corrected chi connectivity index (χ1v) is 13.8. The second-order valence-corrected chi connectivity index (χ2v) is 11.4. The normalized spacial score (nSPS) is 18.0. The third-order valence-electron chi connectivity index (χ3n) is 6.44. The smallest absolute Gasteiger partial charge is 0.414 e. The Kier molecular flexibility index (Phi) is 9.58. The predicted molar refractivity (Wildman–Crippen MR) is 146 cm³/mol. The van der Waals surface area contributed by atoms with Crippen molar-refractivity contribution in [2.24, 2.45) is 11.7 Å². The summed E-state index contributed by atoms with van der Waals surface area (Å²) in [5.74, 6) is -3.75. The van der Waals surface area contributed by atoms with Crippen LogP contribution in [-0.4, -0.2) is 86.3 Å². The summed E-state index contributed by atoms with van der Waals surface area (Å²) in [6, 6.07) is 5.93. The minimum atomic E-state index is -1.03. The van der Waals surface area contributed by atoms with Gasteiger partial charge < -0.3 is 24.8 Å². The Balaban J connectivity index is 1.48. The number of nitrogens with zero attached hydrogens (tertiary/aromatic N) is 3. The number of carbonyl (C=O) groups is 5. The number of rotatable bonds is 9. The molecule has 2 aliphatic rings. The van der Waals surface area contributed by atoms with Crippen LogP contribution in [0.2, 0.25) is 4.34 Å². The predicted octanol–water partition coefficient (Wildman–Crippen LogP) is 2.42. The van der Waals surface area contributed by atoms with Gasteiger partial charge in [0.05, 0.1) is 34.6 Å². The summed E-state index contributed by atoms with van der Waals surface area (Å²) in [6.45, 7) is 2.52. The van der Waals surface area contributed by atoms with Crippen LogP contribution >= 0.6 is 22.9 Å². The number of benzene rings is 1. The van der Waals surface area contributed by atoms with Gasteiger partial charge in [0.1, 0.15) is 24.6 Å². The van der Waals surface area contributed by atoms with E-state index < -0.39 is 55.0 Å². The summed E-state index contributed by atoms with van der Waals surface area (Å²) in [4.78, 5) is 66.6. The quantitative estimate of drug-likeness (QED) is 0.422. The SMILES string of the molecule is CC(C)[C@@H](N)C(=O)OCC(=O)N(C[C@H]1CN(c2ccc(N3CCOCC3=O)cc2F)C(=O)O1)C(=O)c1ccc(Cl)s1. The molecule has 4 rings (SSSR count). The molecule has 2 saturated heterocycles. The van der Waals surface area contributed by atoms with E-state index in [4.69, 9.17) is 31.5 Å². The topological polar surface area (TPSA) is 149 Å².